The van der Waals surface area contributed by atoms with Crippen molar-refractivity contribution in [3.63, 3.8) is 0 Å². The first kappa shape index (κ1) is 23.0. The molecule has 1 aliphatic rings. The molecule has 0 unspecified atom stereocenters. The normalized spacial score (nSPS) is 13.3. The van der Waals surface area contributed by atoms with Gasteiger partial charge < -0.3 is 20.3 Å². The zero-order chi connectivity index (χ0) is 24.1. The lowest BCUT2D eigenvalue weighted by atomic mass is 10.1. The zero-order valence-corrected chi connectivity index (χ0v) is 19.1. The Morgan fingerprint density at radius 3 is 2.32 bits per heavy atom. The molecular formula is C26H27N5O3. The number of rotatable bonds is 7. The monoisotopic (exact) mass is 457 g/mol. The Kier molecular flexibility index (Phi) is 6.89. The van der Waals surface area contributed by atoms with Crippen molar-refractivity contribution < 1.29 is 14.3 Å². The maximum Gasteiger partial charge on any atom is 0.257 e. The van der Waals surface area contributed by atoms with Crippen molar-refractivity contribution >= 4 is 23.3 Å². The molecule has 1 saturated heterocycles. The topological polar surface area (TPSA) is 88.5 Å². The molecule has 2 amide bonds. The Bertz CT molecular complexity index is 1210. The number of ether oxygens (including phenoxy) is 1. The minimum atomic E-state index is -0.298. The van der Waals surface area contributed by atoms with Gasteiger partial charge in [0, 0.05) is 48.7 Å². The summed E-state index contributed by atoms with van der Waals surface area (Å²) >= 11 is 0. The predicted octanol–water partition coefficient (Wildman–Crippen LogP) is 3.68. The fourth-order valence-corrected chi connectivity index (χ4v) is 3.59. The number of carbonyl (C=O) groups excluding carboxylic acids is 2. The van der Waals surface area contributed by atoms with Gasteiger partial charge in [0.15, 0.2) is 0 Å². The summed E-state index contributed by atoms with van der Waals surface area (Å²) < 4.78 is 6.96. The highest BCUT2D eigenvalue weighted by atomic mass is 16.5. The molecule has 2 heterocycles. The highest BCUT2D eigenvalue weighted by Crippen LogP contribution is 2.24. The van der Waals surface area contributed by atoms with Gasteiger partial charge in [-0.15, -0.1) is 0 Å². The summed E-state index contributed by atoms with van der Waals surface area (Å²) in [5.41, 5.74) is 3.70. The van der Waals surface area contributed by atoms with E-state index in [2.05, 4.69) is 28.9 Å². The van der Waals surface area contributed by atoms with Crippen LogP contribution in [0.3, 0.4) is 0 Å². The second-order valence-corrected chi connectivity index (χ2v) is 7.91. The third-order valence-corrected chi connectivity index (χ3v) is 5.61. The van der Waals surface area contributed by atoms with Crippen molar-refractivity contribution in [1.82, 2.24) is 14.7 Å². The van der Waals surface area contributed by atoms with Crippen molar-refractivity contribution in [3.8, 4) is 11.3 Å². The first-order valence-electron chi connectivity index (χ1n) is 11.0. The lowest BCUT2D eigenvalue weighted by molar-refractivity contribution is -0.112. The van der Waals surface area contributed by atoms with Crippen LogP contribution >= 0.6 is 0 Å². The molecule has 0 bridgehead atoms. The number of morpholine rings is 1. The third kappa shape index (κ3) is 5.24. The van der Waals surface area contributed by atoms with E-state index in [0.717, 1.165) is 5.56 Å². The van der Waals surface area contributed by atoms with Crippen molar-refractivity contribution in [2.75, 3.05) is 36.9 Å². The lowest BCUT2D eigenvalue weighted by Crippen LogP contribution is -2.37. The van der Waals surface area contributed by atoms with Crippen molar-refractivity contribution in [3.05, 3.63) is 90.7 Å². The van der Waals surface area contributed by atoms with Gasteiger partial charge in [0.1, 0.15) is 5.82 Å². The predicted molar refractivity (Wildman–Crippen MR) is 132 cm³/mol. The van der Waals surface area contributed by atoms with Crippen LogP contribution in [0.5, 0.6) is 0 Å². The number of aromatic nitrogens is 2. The van der Waals surface area contributed by atoms with E-state index in [9.17, 15) is 9.59 Å². The number of nitrogens with zero attached hydrogens (tertiary/aromatic N) is 3. The van der Waals surface area contributed by atoms with E-state index in [1.807, 2.05) is 41.3 Å². The highest BCUT2D eigenvalue weighted by molar-refractivity contribution is 6.06. The molecule has 3 aromatic rings. The molecule has 34 heavy (non-hydrogen) atoms. The molecule has 2 aromatic carbocycles. The van der Waals surface area contributed by atoms with Crippen LogP contribution in [0.1, 0.15) is 10.4 Å². The summed E-state index contributed by atoms with van der Waals surface area (Å²) in [6.07, 6.45) is 0. The van der Waals surface area contributed by atoms with E-state index < -0.39 is 0 Å². The molecule has 2 N–H and O–H groups in total. The second kappa shape index (κ2) is 10.2. The number of carbonyl (C=O) groups is 2. The minimum Gasteiger partial charge on any atom is -0.378 e. The lowest BCUT2D eigenvalue weighted by Gasteiger charge is -2.30. The fourth-order valence-electron chi connectivity index (χ4n) is 3.59. The molecule has 0 aliphatic carbocycles. The summed E-state index contributed by atoms with van der Waals surface area (Å²) in [6.45, 7) is 10.5. The van der Waals surface area contributed by atoms with Gasteiger partial charge in [-0.1, -0.05) is 43.5 Å². The molecule has 0 saturated carbocycles. The molecule has 0 atom stereocenters. The van der Waals surface area contributed by atoms with Gasteiger partial charge in [-0.25, -0.2) is 0 Å². The standard InChI is InChI=1S/C26H27N5O3/c1-18(19(2)31-13-15-34-16-14-31)25(32)27-22-11-9-20(10-12-22)23-17-24(30(3)29-23)28-26(33)21-7-5-4-6-8-21/h4-12,17H,1-2,13-16H2,3H3,(H,27,32)(H,28,33). The van der Waals surface area contributed by atoms with Gasteiger partial charge >= 0.3 is 0 Å². The molecule has 8 nitrogen and oxygen atoms in total. The average Bonchev–Trinajstić information content (AvgIpc) is 3.24. The summed E-state index contributed by atoms with van der Waals surface area (Å²) in [7, 11) is 1.77. The number of aryl methyl sites for hydroxylation is 1. The maximum atomic E-state index is 12.6. The number of hydrogen-bond acceptors (Lipinski definition) is 5. The molecule has 1 fully saturated rings. The Morgan fingerprint density at radius 1 is 0.971 bits per heavy atom. The van der Waals surface area contributed by atoms with Crippen molar-refractivity contribution in [1.29, 1.82) is 0 Å². The maximum absolute atomic E-state index is 12.6. The summed E-state index contributed by atoms with van der Waals surface area (Å²) in [4.78, 5) is 27.1. The van der Waals surface area contributed by atoms with Crippen LogP contribution in [0.25, 0.3) is 11.3 Å². The van der Waals surface area contributed by atoms with Crippen LogP contribution in [-0.2, 0) is 16.6 Å². The van der Waals surface area contributed by atoms with E-state index in [1.165, 1.54) is 0 Å². The highest BCUT2D eigenvalue weighted by Gasteiger charge is 2.19. The van der Waals surface area contributed by atoms with Gasteiger partial charge in [0.2, 0.25) is 0 Å². The van der Waals surface area contributed by atoms with E-state index in [0.29, 0.717) is 60.3 Å². The van der Waals surface area contributed by atoms with E-state index in [4.69, 9.17) is 4.74 Å². The van der Waals surface area contributed by atoms with Crippen molar-refractivity contribution in [2.45, 2.75) is 0 Å². The average molecular weight is 458 g/mol. The summed E-state index contributed by atoms with van der Waals surface area (Å²) in [5, 5.41) is 10.2. The van der Waals surface area contributed by atoms with Crippen molar-refractivity contribution in [2.24, 2.45) is 7.05 Å². The first-order valence-corrected chi connectivity index (χ1v) is 11.0. The molecular weight excluding hydrogens is 430 g/mol. The van der Waals surface area contributed by atoms with E-state index in [-0.39, 0.29) is 11.8 Å². The summed E-state index contributed by atoms with van der Waals surface area (Å²) in [6, 6.07) is 18.1. The number of anilines is 2. The second-order valence-electron chi connectivity index (χ2n) is 7.91. The van der Waals surface area contributed by atoms with E-state index >= 15 is 0 Å². The molecule has 1 aliphatic heterocycles. The zero-order valence-electron chi connectivity index (χ0n) is 19.1. The fraction of sp³-hybridized carbons (Fsp3) is 0.192. The van der Waals surface area contributed by atoms with Crippen LogP contribution in [-0.4, -0.2) is 52.8 Å². The van der Waals surface area contributed by atoms with E-state index in [1.54, 1.807) is 36.0 Å². The SMILES string of the molecule is C=C(C(=C)N1CCOCC1)C(=O)Nc1ccc(-c2cc(NC(=O)c3ccccc3)n(C)n2)cc1. The minimum absolute atomic E-state index is 0.202. The van der Waals surface area contributed by atoms with Gasteiger partial charge in [0.25, 0.3) is 11.8 Å². The molecule has 0 radical (unpaired) electrons. The number of benzene rings is 2. The Labute approximate surface area is 198 Å². The number of nitrogens with one attached hydrogen (secondary N) is 2. The first-order chi connectivity index (χ1) is 16.4. The smallest absolute Gasteiger partial charge is 0.257 e. The third-order valence-electron chi connectivity index (χ3n) is 5.61. The van der Waals surface area contributed by atoms with Gasteiger partial charge in [0.05, 0.1) is 24.5 Å². The quantitative estimate of drug-likeness (QED) is 0.417. The van der Waals surface area contributed by atoms with Crippen LogP contribution in [0.4, 0.5) is 11.5 Å². The van der Waals surface area contributed by atoms with Crippen LogP contribution in [0, 0.1) is 0 Å². The molecule has 174 valence electrons. The largest absolute Gasteiger partial charge is 0.378 e. The van der Waals surface area contributed by atoms with Gasteiger partial charge in [-0.3, -0.25) is 14.3 Å². The molecule has 8 heteroatoms. The Hall–Kier alpha value is -4.17. The Morgan fingerprint density at radius 2 is 1.65 bits per heavy atom. The summed E-state index contributed by atoms with van der Waals surface area (Å²) in [5.74, 6) is 0.0826. The van der Waals surface area contributed by atoms with Crippen LogP contribution < -0.4 is 10.6 Å². The molecule has 4 rings (SSSR count). The molecule has 1 aromatic heterocycles. The van der Waals surface area contributed by atoms with Crippen LogP contribution in [0.2, 0.25) is 0 Å². The van der Waals surface area contributed by atoms with Gasteiger partial charge in [-0.05, 0) is 24.3 Å². The van der Waals surface area contributed by atoms with Crippen LogP contribution in [0.15, 0.2) is 85.1 Å². The molecule has 0 spiro atoms. The number of amides is 2. The van der Waals surface area contributed by atoms with Gasteiger partial charge in [-0.2, -0.15) is 5.10 Å². The number of hydrogen-bond donors (Lipinski definition) is 2. The Balaban J connectivity index is 1.39.